The maximum absolute atomic E-state index is 15.4. The highest BCUT2D eigenvalue weighted by molar-refractivity contribution is 7.69. The van der Waals surface area contributed by atoms with Crippen LogP contribution in [0.1, 0.15) is 31.7 Å². The Labute approximate surface area is 256 Å². The lowest BCUT2D eigenvalue weighted by Crippen LogP contribution is -2.49. The molecule has 0 unspecified atom stereocenters. The van der Waals surface area contributed by atoms with E-state index in [2.05, 4.69) is 42.7 Å². The van der Waals surface area contributed by atoms with Crippen LogP contribution in [0.3, 0.4) is 0 Å². The quantitative estimate of drug-likeness (QED) is 0.270. The predicted molar refractivity (Wildman–Crippen MR) is 168 cm³/mol. The molecule has 4 N–H and O–H groups in total. The smallest absolute Gasteiger partial charge is 0.198 e. The van der Waals surface area contributed by atoms with Crippen LogP contribution in [-0.2, 0) is 10.9 Å². The summed E-state index contributed by atoms with van der Waals surface area (Å²) in [7, 11) is -0.423. The van der Waals surface area contributed by atoms with E-state index in [1.165, 1.54) is 12.4 Å². The average Bonchev–Trinajstić information content (AvgIpc) is 3.35. The number of hydrogen-bond acceptors (Lipinski definition) is 7. The molecule has 42 heavy (non-hydrogen) atoms. The molecule has 0 amide bonds. The summed E-state index contributed by atoms with van der Waals surface area (Å²) in [5.41, 5.74) is 9.76. The molecule has 2 aliphatic rings. The lowest BCUT2D eigenvalue weighted by molar-refractivity contribution is 0.0828. The first kappa shape index (κ1) is 30.7. The fourth-order valence-corrected chi connectivity index (χ4v) is 6.61. The van der Waals surface area contributed by atoms with Gasteiger partial charge in [0.2, 0.25) is 0 Å². The third-order valence-electron chi connectivity index (χ3n) is 8.25. The predicted octanol–water partition coefficient (Wildman–Crippen LogP) is 5.00. The molecular weight excluding hydrogens is 600 g/mol. The van der Waals surface area contributed by atoms with Gasteiger partial charge in [-0.1, -0.05) is 41.4 Å². The van der Waals surface area contributed by atoms with E-state index in [-0.39, 0.29) is 5.82 Å². The van der Waals surface area contributed by atoms with Crippen LogP contribution in [0.2, 0.25) is 10.0 Å². The Kier molecular flexibility index (Phi) is 9.66. The van der Waals surface area contributed by atoms with Crippen molar-refractivity contribution in [3.8, 4) is 22.3 Å². The van der Waals surface area contributed by atoms with Crippen molar-refractivity contribution in [1.82, 2.24) is 24.3 Å². The highest BCUT2D eigenvalue weighted by Crippen LogP contribution is 2.40. The highest BCUT2D eigenvalue weighted by atomic mass is 35.5. The zero-order valence-corrected chi connectivity index (χ0v) is 25.6. The maximum atomic E-state index is 15.4. The van der Waals surface area contributed by atoms with Gasteiger partial charge in [-0.3, -0.25) is 4.90 Å². The number of halogens is 3. The van der Waals surface area contributed by atoms with Crippen molar-refractivity contribution in [2.45, 2.75) is 37.8 Å². The Morgan fingerprint density at radius 3 is 2.19 bits per heavy atom. The summed E-state index contributed by atoms with van der Waals surface area (Å²) in [5, 5.41) is 5.75. The van der Waals surface area contributed by atoms with E-state index in [0.29, 0.717) is 39.1 Å². The molecule has 1 saturated carbocycles. The minimum atomic E-state index is -2.62. The van der Waals surface area contributed by atoms with E-state index in [0.717, 1.165) is 74.0 Å². The number of nitrogen functional groups attached to an aromatic ring is 1. The van der Waals surface area contributed by atoms with Gasteiger partial charge in [0.25, 0.3) is 0 Å². The van der Waals surface area contributed by atoms with Crippen molar-refractivity contribution in [1.29, 1.82) is 0 Å². The fraction of sp³-hybridized carbons (Fsp3) is 0.379. The van der Waals surface area contributed by atoms with Crippen LogP contribution in [0.5, 0.6) is 0 Å². The van der Waals surface area contributed by atoms with Crippen LogP contribution in [0.25, 0.3) is 33.3 Å². The molecular formula is C29H34Cl2FN7O2S. The maximum Gasteiger partial charge on any atom is 0.198 e. The van der Waals surface area contributed by atoms with E-state index in [9.17, 15) is 0 Å². The molecule has 1 aliphatic heterocycles. The van der Waals surface area contributed by atoms with Gasteiger partial charge in [-0.15, -0.1) is 0 Å². The van der Waals surface area contributed by atoms with Gasteiger partial charge in [0.1, 0.15) is 23.6 Å². The standard InChI is InChI=1S/C29H31Cl2FN6.H3NO2S/c1-36-10-12-37(13-11-36)20-4-6-21(7-5-20)38-16-24(27-28(33)34-17-35-29(27)38)18-2-8-23(26(32)14-18)22-9-3-19(30)15-25(22)31;1-4(2)3/h2-3,8-9,14-17,20-21H,4-7,10-13H2,1H3,(H2,33,34,35);4H,(H2,1,2,3). The van der Waals surface area contributed by atoms with Crippen LogP contribution < -0.4 is 10.9 Å². The van der Waals surface area contributed by atoms with Crippen molar-refractivity contribution in [3.05, 3.63) is 64.8 Å². The first-order valence-electron chi connectivity index (χ1n) is 13.8. The second kappa shape index (κ2) is 13.2. The molecule has 9 nitrogen and oxygen atoms in total. The second-order valence-electron chi connectivity index (χ2n) is 10.8. The number of rotatable bonds is 4. The van der Waals surface area contributed by atoms with E-state index in [1.54, 1.807) is 24.3 Å². The van der Waals surface area contributed by atoms with Gasteiger partial charge in [0, 0.05) is 71.2 Å². The summed E-state index contributed by atoms with van der Waals surface area (Å²) >= 11 is 12.4. The molecule has 2 aromatic carbocycles. The largest absolute Gasteiger partial charge is 0.383 e. The van der Waals surface area contributed by atoms with E-state index in [4.69, 9.17) is 37.4 Å². The fourth-order valence-electron chi connectivity index (χ4n) is 6.10. The molecule has 1 aliphatic carbocycles. The van der Waals surface area contributed by atoms with Gasteiger partial charge in [-0.25, -0.2) is 27.9 Å². The Morgan fingerprint density at radius 2 is 1.55 bits per heavy atom. The first-order valence-corrected chi connectivity index (χ1v) is 15.8. The molecule has 0 radical (unpaired) electrons. The third kappa shape index (κ3) is 6.72. The monoisotopic (exact) mass is 633 g/mol. The molecule has 0 bridgehead atoms. The summed E-state index contributed by atoms with van der Waals surface area (Å²) in [6.07, 6.45) is 8.07. The molecule has 224 valence electrons. The molecule has 2 aromatic heterocycles. The van der Waals surface area contributed by atoms with Crippen LogP contribution >= 0.6 is 23.2 Å². The average molecular weight is 635 g/mol. The highest BCUT2D eigenvalue weighted by Gasteiger charge is 2.30. The first-order chi connectivity index (χ1) is 20.1. The second-order valence-corrected chi connectivity index (χ2v) is 12.2. The van der Waals surface area contributed by atoms with Crippen LogP contribution in [0.15, 0.2) is 48.9 Å². The van der Waals surface area contributed by atoms with Crippen LogP contribution in [0, 0.1) is 5.82 Å². The SMILES string of the molecule is CN1CCN(C2CCC(n3cc(-c4ccc(-c5ccc(Cl)cc5Cl)c(F)c4)c4c(N)ncnc43)CC2)CC1.N[SH](=O)=O. The van der Waals surface area contributed by atoms with Gasteiger partial charge in [0.05, 0.1) is 5.39 Å². The van der Waals surface area contributed by atoms with Crippen LogP contribution in [-0.4, -0.2) is 72.0 Å². The molecule has 0 atom stereocenters. The Bertz CT molecular complexity index is 1640. The number of anilines is 1. The lowest BCUT2D eigenvalue weighted by Gasteiger charge is -2.41. The number of thiol groups is 1. The number of nitrogens with two attached hydrogens (primary N) is 2. The van der Waals surface area contributed by atoms with Crippen molar-refractivity contribution in [3.63, 3.8) is 0 Å². The van der Waals surface area contributed by atoms with Gasteiger partial charge in [-0.05, 0) is 56.5 Å². The molecule has 1 saturated heterocycles. The van der Waals surface area contributed by atoms with Gasteiger partial charge in [-0.2, -0.15) is 0 Å². The zero-order valence-electron chi connectivity index (χ0n) is 23.2. The number of nitrogens with zero attached hydrogens (tertiary/aromatic N) is 5. The minimum Gasteiger partial charge on any atom is -0.383 e. The number of benzene rings is 2. The molecule has 0 spiro atoms. The third-order valence-corrected chi connectivity index (χ3v) is 8.80. The number of aromatic nitrogens is 3. The van der Waals surface area contributed by atoms with Crippen molar-refractivity contribution in [2.75, 3.05) is 39.0 Å². The molecule has 3 heterocycles. The van der Waals surface area contributed by atoms with Crippen molar-refractivity contribution < 1.29 is 12.8 Å². The minimum absolute atomic E-state index is 0.321. The Balaban J connectivity index is 0.000000830. The summed E-state index contributed by atoms with van der Waals surface area (Å²) in [4.78, 5) is 13.9. The van der Waals surface area contributed by atoms with E-state index in [1.807, 2.05) is 6.07 Å². The lowest BCUT2D eigenvalue weighted by atomic mass is 9.89. The zero-order chi connectivity index (χ0) is 30.0. The van der Waals surface area contributed by atoms with Gasteiger partial charge in [0.15, 0.2) is 10.9 Å². The number of fused-ring (bicyclic) bond motifs is 1. The Hall–Kier alpha value is -2.80. The van der Waals surface area contributed by atoms with E-state index < -0.39 is 10.9 Å². The number of hydrogen-bond donors (Lipinski definition) is 3. The number of piperazine rings is 1. The van der Waals surface area contributed by atoms with E-state index >= 15 is 4.39 Å². The number of likely N-dealkylation sites (N-methyl/N-ethyl adjacent to an activating group) is 1. The normalized spacial score (nSPS) is 20.0. The molecule has 6 rings (SSSR count). The topological polar surface area (TPSA) is 123 Å². The summed E-state index contributed by atoms with van der Waals surface area (Å²) < 4.78 is 35.3. The molecule has 4 aromatic rings. The van der Waals surface area contributed by atoms with Crippen LogP contribution in [0.4, 0.5) is 10.2 Å². The van der Waals surface area contributed by atoms with Crippen molar-refractivity contribution >= 4 is 50.9 Å². The van der Waals surface area contributed by atoms with Gasteiger partial charge >= 0.3 is 0 Å². The van der Waals surface area contributed by atoms with Crippen molar-refractivity contribution in [2.24, 2.45) is 5.14 Å². The summed E-state index contributed by atoms with van der Waals surface area (Å²) in [5.74, 6) is 0.0378. The molecule has 2 fully saturated rings. The Morgan fingerprint density at radius 1 is 0.905 bits per heavy atom. The summed E-state index contributed by atoms with van der Waals surface area (Å²) in [6, 6.07) is 11.2. The summed E-state index contributed by atoms with van der Waals surface area (Å²) in [6.45, 7) is 4.58. The molecule has 13 heteroatoms. The van der Waals surface area contributed by atoms with Gasteiger partial charge < -0.3 is 15.2 Å².